The highest BCUT2D eigenvalue weighted by Gasteiger charge is 2.64. The molecule has 2 nitrogen and oxygen atoms in total. The minimum Gasteiger partial charge on any atom is -0.362 e. The van der Waals surface area contributed by atoms with Gasteiger partial charge >= 0.3 is 0 Å². The van der Waals surface area contributed by atoms with Crippen LogP contribution < -0.4 is 0 Å². The zero-order chi connectivity index (χ0) is 51.2. The van der Waals surface area contributed by atoms with Crippen LogP contribution in [0.2, 0.25) is 5.82 Å². The van der Waals surface area contributed by atoms with Gasteiger partial charge < -0.3 is 9.80 Å². The maximum Gasteiger partial charge on any atom is 0.225 e. The molecule has 8 unspecified atom stereocenters. The van der Waals surface area contributed by atoms with Gasteiger partial charge in [-0.05, 0) is 139 Å². The molecule has 1 saturated carbocycles. The molecule has 3 heteroatoms. The predicted octanol–water partition coefficient (Wildman–Crippen LogP) is 17.5. The van der Waals surface area contributed by atoms with E-state index in [-0.39, 0.29) is 21.7 Å². The van der Waals surface area contributed by atoms with Gasteiger partial charge in [0.25, 0.3) is 0 Å². The molecule has 0 amide bonds. The van der Waals surface area contributed by atoms with Gasteiger partial charge in [0, 0.05) is 51.6 Å². The monoisotopic (exact) mass is 989 g/mol. The topological polar surface area (TPSA) is 6.48 Å². The van der Waals surface area contributed by atoms with Gasteiger partial charge in [-0.1, -0.05) is 236 Å². The van der Waals surface area contributed by atoms with Crippen molar-refractivity contribution >= 4 is 6.71 Å². The summed E-state index contributed by atoms with van der Waals surface area (Å²) in [5.74, 6) is 3.54. The average molecular weight is 989 g/mol. The minimum absolute atomic E-state index is 0.0374. The summed E-state index contributed by atoms with van der Waals surface area (Å²) in [6.07, 6.45) is 40.7. The van der Waals surface area contributed by atoms with E-state index in [1.165, 1.54) is 93.7 Å². The van der Waals surface area contributed by atoms with Crippen molar-refractivity contribution in [1.29, 1.82) is 0 Å². The number of hydrogen-bond donors (Lipinski definition) is 0. The van der Waals surface area contributed by atoms with Crippen molar-refractivity contribution in [2.45, 2.75) is 185 Å². The first-order valence-electron chi connectivity index (χ1n) is 30.4. The number of nitrogens with zero attached hydrogens (tertiary/aromatic N) is 2. The molecule has 386 valence electrons. The second-order valence-corrected chi connectivity index (χ2v) is 28.0. The van der Waals surface area contributed by atoms with Gasteiger partial charge in [-0.25, -0.2) is 0 Å². The van der Waals surface area contributed by atoms with Crippen molar-refractivity contribution in [3.05, 3.63) is 212 Å². The molecule has 0 aromatic heterocycles. The lowest BCUT2D eigenvalue weighted by Gasteiger charge is -2.59. The molecule has 7 aliphatic carbocycles. The van der Waals surface area contributed by atoms with Crippen molar-refractivity contribution in [3.8, 4) is 0 Å². The molecule has 0 N–H and O–H groups in total. The molecule has 4 heterocycles. The molecule has 0 bridgehead atoms. The van der Waals surface area contributed by atoms with Crippen LogP contribution in [0.15, 0.2) is 196 Å². The standard InChI is InChI=1S/C72H85BN2/c1-69(2,48-26-16-10-17-27-48)52-34-36-62-56(40-52)58-42-54(71(5,6)50-30-20-12-21-31-50)44-60-67(58)74(62)64-38-47(46-24-14-9-15-25-46)39-65-66(64)73(60)61-45-55(72(7,8)51-32-22-13-23-33-51)43-59-57-41-53(35-37-63(57)75(65)68(59)61)70(3,4)49-28-18-11-19-29-49/h10,12-13,16-17,20-23,26-28,30-33,35,37,39-41,44-47,52,54,57,59,62-64,66H,9,11,14-15,18-19,24-25,29,34,36,38,42-43H2,1-8H3/t47?,52?,54?,57-,59?,62?,63?,64?,66?/m0/s1. The summed E-state index contributed by atoms with van der Waals surface area (Å²) in [5, 5.41) is 0. The fourth-order valence-corrected chi connectivity index (χ4v) is 18.3. The Morgan fingerprint density at radius 3 is 1.97 bits per heavy atom. The number of allylic oxidation sites excluding steroid dienone is 12. The second kappa shape index (κ2) is 17.8. The molecule has 14 rings (SSSR count). The van der Waals surface area contributed by atoms with E-state index in [4.69, 9.17) is 0 Å². The summed E-state index contributed by atoms with van der Waals surface area (Å²) < 4.78 is 0. The van der Waals surface area contributed by atoms with E-state index in [1.807, 2.05) is 0 Å². The van der Waals surface area contributed by atoms with Crippen LogP contribution in [0.25, 0.3) is 0 Å². The fraction of sp³-hybridized carbons (Fsp3) is 0.500. The van der Waals surface area contributed by atoms with Crippen LogP contribution in [-0.4, -0.2) is 34.6 Å². The first kappa shape index (κ1) is 48.4. The highest BCUT2D eigenvalue weighted by molar-refractivity contribution is 6.78. The molecule has 75 heavy (non-hydrogen) atoms. The summed E-state index contributed by atoms with van der Waals surface area (Å²) in [4.78, 5) is 6.28. The van der Waals surface area contributed by atoms with E-state index in [1.54, 1.807) is 55.9 Å². The summed E-state index contributed by atoms with van der Waals surface area (Å²) in [6, 6.07) is 36.0. The second-order valence-electron chi connectivity index (χ2n) is 28.0. The molecular formula is C72H85BN2. The van der Waals surface area contributed by atoms with Gasteiger partial charge in [-0.3, -0.25) is 0 Å². The molecule has 0 spiro atoms. The fourth-order valence-electron chi connectivity index (χ4n) is 18.3. The Balaban J connectivity index is 1.01. The summed E-state index contributed by atoms with van der Waals surface area (Å²) >= 11 is 0. The van der Waals surface area contributed by atoms with Crippen molar-refractivity contribution < 1.29 is 0 Å². The molecule has 3 fully saturated rings. The van der Waals surface area contributed by atoms with Crippen LogP contribution in [0.1, 0.15) is 162 Å². The Morgan fingerprint density at radius 2 is 1.29 bits per heavy atom. The SMILES string of the molecule is CC(C)(C1=C[C@H]2C3CC(C(C)(C)c4ccccc4)=CC4=C3N(C3=CC(C5CCCCC5)CC5C3B4C3=CC(C(C)(C)c4ccccc4)CC4=C3N5C3CCC(C(C)(C)c5ccccc5)C=C43)C2C=C1)C1=CCCCC1. The van der Waals surface area contributed by atoms with E-state index in [9.17, 15) is 0 Å². The first-order valence-corrected chi connectivity index (χ1v) is 30.4. The summed E-state index contributed by atoms with van der Waals surface area (Å²) in [6.45, 7) is 20.8. The number of fused-ring (bicyclic) bond motifs is 10. The van der Waals surface area contributed by atoms with Gasteiger partial charge in [0.15, 0.2) is 0 Å². The summed E-state index contributed by atoms with van der Waals surface area (Å²) in [5.41, 5.74) is 21.1. The van der Waals surface area contributed by atoms with E-state index in [0.29, 0.717) is 60.2 Å². The van der Waals surface area contributed by atoms with Crippen molar-refractivity contribution in [2.75, 3.05) is 0 Å². The van der Waals surface area contributed by atoms with Crippen LogP contribution in [-0.2, 0) is 16.2 Å². The van der Waals surface area contributed by atoms with E-state index in [2.05, 4.69) is 205 Å². The largest absolute Gasteiger partial charge is 0.362 e. The maximum atomic E-state index is 3.20. The van der Waals surface area contributed by atoms with Crippen molar-refractivity contribution in [3.63, 3.8) is 0 Å². The third kappa shape index (κ3) is 7.37. The lowest BCUT2D eigenvalue weighted by Crippen LogP contribution is -2.60. The molecule has 9 atom stereocenters. The third-order valence-electron chi connectivity index (χ3n) is 23.1. The lowest BCUT2D eigenvalue weighted by molar-refractivity contribution is 0.130. The Morgan fingerprint density at radius 1 is 0.613 bits per heavy atom. The smallest absolute Gasteiger partial charge is 0.225 e. The van der Waals surface area contributed by atoms with Crippen LogP contribution >= 0.6 is 0 Å². The number of rotatable bonds is 9. The molecule has 11 aliphatic rings. The predicted molar refractivity (Wildman–Crippen MR) is 314 cm³/mol. The highest BCUT2D eigenvalue weighted by Crippen LogP contribution is 2.67. The molecule has 4 aliphatic heterocycles. The third-order valence-corrected chi connectivity index (χ3v) is 23.1. The van der Waals surface area contributed by atoms with Gasteiger partial charge in [0.1, 0.15) is 0 Å². The summed E-state index contributed by atoms with van der Waals surface area (Å²) in [7, 11) is 0. The lowest BCUT2D eigenvalue weighted by atomic mass is 9.25. The molecular weight excluding hydrogens is 904 g/mol. The van der Waals surface area contributed by atoms with E-state index in [0.717, 1.165) is 18.8 Å². The number of hydrogen-bond acceptors (Lipinski definition) is 2. The first-order chi connectivity index (χ1) is 36.2. The van der Waals surface area contributed by atoms with Crippen LogP contribution in [0, 0.1) is 40.9 Å². The average Bonchev–Trinajstić information content (AvgIpc) is 4.20. The molecule has 0 radical (unpaired) electrons. The zero-order valence-corrected chi connectivity index (χ0v) is 46.9. The quantitative estimate of drug-likeness (QED) is 0.156. The van der Waals surface area contributed by atoms with Gasteiger partial charge in [0.2, 0.25) is 6.71 Å². The normalized spacial score (nSPS) is 31.3. The number of benzene rings is 3. The van der Waals surface area contributed by atoms with E-state index < -0.39 is 0 Å². The van der Waals surface area contributed by atoms with Crippen molar-refractivity contribution in [2.24, 2.45) is 40.9 Å². The van der Waals surface area contributed by atoms with E-state index >= 15 is 0 Å². The van der Waals surface area contributed by atoms with Gasteiger partial charge in [-0.15, -0.1) is 0 Å². The maximum absolute atomic E-state index is 3.20. The molecule has 3 aromatic carbocycles. The molecule has 2 saturated heterocycles. The van der Waals surface area contributed by atoms with Crippen molar-refractivity contribution in [1.82, 2.24) is 9.80 Å². The Hall–Kier alpha value is -5.02. The Labute approximate surface area is 452 Å². The van der Waals surface area contributed by atoms with Crippen LogP contribution in [0.5, 0.6) is 0 Å². The van der Waals surface area contributed by atoms with Crippen LogP contribution in [0.4, 0.5) is 0 Å². The Kier molecular flexibility index (Phi) is 11.5. The van der Waals surface area contributed by atoms with Gasteiger partial charge in [0.05, 0.1) is 12.1 Å². The highest BCUT2D eigenvalue weighted by atomic mass is 15.3. The van der Waals surface area contributed by atoms with Crippen LogP contribution in [0.3, 0.4) is 0 Å². The Bertz CT molecular complexity index is 3070. The zero-order valence-electron chi connectivity index (χ0n) is 46.9. The van der Waals surface area contributed by atoms with Gasteiger partial charge in [-0.2, -0.15) is 0 Å². The molecule has 3 aromatic rings. The minimum atomic E-state index is -0.0995.